The molecule has 6 nitrogen and oxygen atoms in total. The highest BCUT2D eigenvalue weighted by atomic mass is 16.5. The molecule has 0 amide bonds. The van der Waals surface area contributed by atoms with Gasteiger partial charge in [0.1, 0.15) is 29.4 Å². The Labute approximate surface area is 222 Å². The van der Waals surface area contributed by atoms with Crippen molar-refractivity contribution in [2.45, 2.75) is 39.7 Å². The van der Waals surface area contributed by atoms with Crippen molar-refractivity contribution < 1.29 is 23.4 Å². The Balaban J connectivity index is 1.22. The number of esters is 1. The van der Waals surface area contributed by atoms with Crippen molar-refractivity contribution in [1.82, 2.24) is 4.57 Å². The van der Waals surface area contributed by atoms with Crippen LogP contribution in [-0.4, -0.2) is 30.4 Å². The number of ether oxygens (including phenoxy) is 3. The van der Waals surface area contributed by atoms with E-state index >= 15 is 0 Å². The van der Waals surface area contributed by atoms with Crippen molar-refractivity contribution in [1.29, 1.82) is 0 Å². The Bertz CT molecular complexity index is 1520. The Morgan fingerprint density at radius 2 is 1.71 bits per heavy atom. The van der Waals surface area contributed by atoms with Crippen LogP contribution in [0.1, 0.15) is 32.3 Å². The van der Waals surface area contributed by atoms with Gasteiger partial charge >= 0.3 is 5.97 Å². The van der Waals surface area contributed by atoms with Crippen LogP contribution in [0.3, 0.4) is 0 Å². The summed E-state index contributed by atoms with van der Waals surface area (Å²) in [5.74, 6) is 2.28. The lowest BCUT2D eigenvalue weighted by molar-refractivity contribution is -0.143. The molecule has 0 aliphatic rings. The molecule has 38 heavy (non-hydrogen) atoms. The molecule has 0 spiro atoms. The summed E-state index contributed by atoms with van der Waals surface area (Å²) in [4.78, 5) is 11.9. The van der Waals surface area contributed by atoms with E-state index in [-0.39, 0.29) is 12.5 Å². The van der Waals surface area contributed by atoms with E-state index in [1.807, 2.05) is 66.2 Å². The molecule has 0 fully saturated rings. The zero-order chi connectivity index (χ0) is 26.3. The molecule has 0 radical (unpaired) electrons. The molecular formula is C32H33NO5. The highest BCUT2D eigenvalue weighted by Crippen LogP contribution is 2.35. The highest BCUT2D eigenvalue weighted by molar-refractivity contribution is 5.88. The first-order valence-corrected chi connectivity index (χ1v) is 13.3. The first kappa shape index (κ1) is 25.5. The van der Waals surface area contributed by atoms with Crippen LogP contribution < -0.4 is 9.47 Å². The predicted octanol–water partition coefficient (Wildman–Crippen LogP) is 7.42. The summed E-state index contributed by atoms with van der Waals surface area (Å²) in [5.41, 5.74) is 4.02. The van der Waals surface area contributed by atoms with Crippen molar-refractivity contribution in [2.75, 3.05) is 19.8 Å². The molecule has 0 aliphatic carbocycles. The average molecular weight is 512 g/mol. The van der Waals surface area contributed by atoms with Gasteiger partial charge in [0.05, 0.1) is 25.3 Å². The Morgan fingerprint density at radius 3 is 2.50 bits per heavy atom. The van der Waals surface area contributed by atoms with E-state index in [2.05, 4.69) is 31.2 Å². The minimum atomic E-state index is -0.250. The maximum absolute atomic E-state index is 11.9. The van der Waals surface area contributed by atoms with Gasteiger partial charge in [-0.05, 0) is 49.7 Å². The van der Waals surface area contributed by atoms with E-state index in [1.165, 1.54) is 0 Å². The number of benzene rings is 3. The number of hydrogen-bond acceptors (Lipinski definition) is 5. The normalized spacial score (nSPS) is 11.2. The quantitative estimate of drug-likeness (QED) is 0.129. The van der Waals surface area contributed by atoms with E-state index in [0.717, 1.165) is 69.5 Å². The molecule has 0 bridgehead atoms. The molecular weight excluding hydrogens is 478 g/mol. The summed E-state index contributed by atoms with van der Waals surface area (Å²) in [7, 11) is 0. The van der Waals surface area contributed by atoms with Gasteiger partial charge in [-0.1, -0.05) is 49.7 Å². The SMILES string of the molecule is CCCc1c(OCCCOc2cccc3c2ccn3CC(=O)OCC)ccc2cc(-c3ccccc3)oc12. The lowest BCUT2D eigenvalue weighted by Crippen LogP contribution is -2.12. The van der Waals surface area contributed by atoms with Crippen LogP contribution in [0.25, 0.3) is 33.2 Å². The van der Waals surface area contributed by atoms with Crippen LogP contribution >= 0.6 is 0 Å². The number of aryl methyl sites for hydroxylation is 1. The van der Waals surface area contributed by atoms with Gasteiger partial charge in [0.15, 0.2) is 0 Å². The second-order valence-corrected chi connectivity index (χ2v) is 9.18. The first-order valence-electron chi connectivity index (χ1n) is 13.3. The van der Waals surface area contributed by atoms with E-state index < -0.39 is 0 Å². The summed E-state index contributed by atoms with van der Waals surface area (Å²) in [6.07, 6.45) is 4.51. The van der Waals surface area contributed by atoms with Crippen molar-refractivity contribution in [3.05, 3.63) is 84.6 Å². The van der Waals surface area contributed by atoms with Crippen LogP contribution in [0.4, 0.5) is 0 Å². The van der Waals surface area contributed by atoms with Gasteiger partial charge in [-0.3, -0.25) is 4.79 Å². The zero-order valence-electron chi connectivity index (χ0n) is 21.9. The summed E-state index contributed by atoms with van der Waals surface area (Å²) >= 11 is 0. The number of carbonyl (C=O) groups is 1. The van der Waals surface area contributed by atoms with Gasteiger partial charge in [-0.2, -0.15) is 0 Å². The second kappa shape index (κ2) is 11.9. The molecule has 0 saturated carbocycles. The molecule has 0 saturated heterocycles. The Hall–Kier alpha value is -4.19. The maximum Gasteiger partial charge on any atom is 0.325 e. The van der Waals surface area contributed by atoms with Crippen molar-refractivity contribution >= 4 is 27.8 Å². The molecule has 0 atom stereocenters. The third-order valence-corrected chi connectivity index (χ3v) is 6.49. The van der Waals surface area contributed by atoms with Gasteiger partial charge in [-0.15, -0.1) is 0 Å². The number of rotatable bonds is 12. The van der Waals surface area contributed by atoms with Gasteiger partial charge in [0, 0.05) is 34.5 Å². The molecule has 6 heteroatoms. The average Bonchev–Trinajstić information content (AvgIpc) is 3.55. The lowest BCUT2D eigenvalue weighted by Gasteiger charge is -2.12. The van der Waals surface area contributed by atoms with E-state index in [4.69, 9.17) is 18.6 Å². The maximum atomic E-state index is 11.9. The molecule has 2 aromatic heterocycles. The van der Waals surface area contributed by atoms with Gasteiger partial charge < -0.3 is 23.2 Å². The monoisotopic (exact) mass is 511 g/mol. The number of nitrogens with zero attached hydrogens (tertiary/aromatic N) is 1. The van der Waals surface area contributed by atoms with E-state index in [0.29, 0.717) is 19.8 Å². The third-order valence-electron chi connectivity index (χ3n) is 6.49. The Kier molecular flexibility index (Phi) is 7.98. The molecule has 0 aliphatic heterocycles. The van der Waals surface area contributed by atoms with E-state index in [1.54, 1.807) is 0 Å². The van der Waals surface area contributed by atoms with Crippen LogP contribution in [0.15, 0.2) is 83.4 Å². The topological polar surface area (TPSA) is 62.8 Å². The molecule has 5 aromatic rings. The molecule has 0 unspecified atom stereocenters. The fourth-order valence-corrected chi connectivity index (χ4v) is 4.74. The third kappa shape index (κ3) is 5.54. The van der Waals surface area contributed by atoms with Gasteiger partial charge in [0.2, 0.25) is 0 Å². The number of fused-ring (bicyclic) bond motifs is 2. The van der Waals surface area contributed by atoms with Gasteiger partial charge in [0.25, 0.3) is 0 Å². The fraction of sp³-hybridized carbons (Fsp3) is 0.281. The first-order chi connectivity index (χ1) is 18.7. The van der Waals surface area contributed by atoms with Gasteiger partial charge in [-0.25, -0.2) is 0 Å². The molecule has 3 aromatic carbocycles. The number of furan rings is 1. The van der Waals surface area contributed by atoms with Crippen LogP contribution in [0.2, 0.25) is 0 Å². The van der Waals surface area contributed by atoms with Crippen molar-refractivity contribution in [3.8, 4) is 22.8 Å². The summed E-state index contributed by atoms with van der Waals surface area (Å²) in [6, 6.07) is 24.2. The minimum absolute atomic E-state index is 0.182. The smallest absolute Gasteiger partial charge is 0.325 e. The molecule has 5 rings (SSSR count). The number of aromatic nitrogens is 1. The molecule has 0 N–H and O–H groups in total. The van der Waals surface area contributed by atoms with Crippen molar-refractivity contribution in [2.24, 2.45) is 0 Å². The Morgan fingerprint density at radius 1 is 0.895 bits per heavy atom. The summed E-state index contributed by atoms with van der Waals surface area (Å²) < 4.78 is 25.6. The van der Waals surface area contributed by atoms with Crippen LogP contribution in [0.5, 0.6) is 11.5 Å². The number of carbonyl (C=O) groups excluding carboxylic acids is 1. The molecule has 196 valence electrons. The van der Waals surface area contributed by atoms with E-state index in [9.17, 15) is 4.79 Å². The number of hydrogen-bond donors (Lipinski definition) is 0. The fourth-order valence-electron chi connectivity index (χ4n) is 4.74. The minimum Gasteiger partial charge on any atom is -0.493 e. The largest absolute Gasteiger partial charge is 0.493 e. The molecule has 2 heterocycles. The predicted molar refractivity (Wildman–Crippen MR) is 150 cm³/mol. The summed E-state index contributed by atoms with van der Waals surface area (Å²) in [5, 5.41) is 2.06. The zero-order valence-corrected chi connectivity index (χ0v) is 21.9. The standard InChI is InChI=1S/C32H33NO5/c1-3-10-26-29(16-15-24-21-30(38-32(24)26)23-11-6-5-7-12-23)37-20-9-19-36-28-14-8-13-27-25(28)17-18-33(27)22-31(34)35-4-2/h5-8,11-18,21H,3-4,9-10,19-20,22H2,1-2H3. The second-order valence-electron chi connectivity index (χ2n) is 9.18. The van der Waals surface area contributed by atoms with Crippen LogP contribution in [-0.2, 0) is 22.5 Å². The lowest BCUT2D eigenvalue weighted by atomic mass is 10.1. The summed E-state index contributed by atoms with van der Waals surface area (Å²) in [6.45, 7) is 5.59. The van der Waals surface area contributed by atoms with Crippen molar-refractivity contribution in [3.63, 3.8) is 0 Å². The van der Waals surface area contributed by atoms with Crippen LogP contribution in [0, 0.1) is 0 Å². The highest BCUT2D eigenvalue weighted by Gasteiger charge is 2.15.